The zero-order valence-corrected chi connectivity index (χ0v) is 20.7. The number of halogens is 1. The lowest BCUT2D eigenvalue weighted by Gasteiger charge is -2.19. The van der Waals surface area contributed by atoms with Crippen molar-refractivity contribution in [3.8, 4) is 0 Å². The summed E-state index contributed by atoms with van der Waals surface area (Å²) in [5, 5.41) is 9.35. The summed E-state index contributed by atoms with van der Waals surface area (Å²) < 4.78 is 10.6. The van der Waals surface area contributed by atoms with E-state index in [0.717, 1.165) is 57.2 Å². The second-order valence-corrected chi connectivity index (χ2v) is 7.40. The Morgan fingerprint density at radius 2 is 1.72 bits per heavy atom. The highest BCUT2D eigenvalue weighted by Gasteiger charge is 2.16. The lowest BCUT2D eigenvalue weighted by Crippen LogP contribution is -2.38. The topological polar surface area (TPSA) is 84.0 Å². The maximum absolute atomic E-state index is 11.8. The van der Waals surface area contributed by atoms with Gasteiger partial charge in [-0.05, 0) is 64.7 Å². The number of ether oxygens (including phenoxy) is 2. The lowest BCUT2D eigenvalue weighted by atomic mass is 10.1. The van der Waals surface area contributed by atoms with E-state index in [2.05, 4.69) is 20.9 Å². The van der Waals surface area contributed by atoms with Crippen LogP contribution in [0.5, 0.6) is 0 Å². The highest BCUT2D eigenvalue weighted by atomic mass is 127. The van der Waals surface area contributed by atoms with E-state index in [1.807, 2.05) is 52.0 Å². The van der Waals surface area contributed by atoms with Gasteiger partial charge < -0.3 is 20.1 Å². The number of guanidine groups is 1. The Bertz CT molecular complexity index is 601. The minimum Gasteiger partial charge on any atom is -0.444 e. The molecule has 0 fully saturated rings. The van der Waals surface area contributed by atoms with Gasteiger partial charge in [0.05, 0.1) is 0 Å². The lowest BCUT2D eigenvalue weighted by molar-refractivity contribution is 0.0636. The summed E-state index contributed by atoms with van der Waals surface area (Å²) in [6.45, 7) is 10.8. The van der Waals surface area contributed by atoms with Crippen LogP contribution in [0, 0.1) is 0 Å². The van der Waals surface area contributed by atoms with Crippen LogP contribution >= 0.6 is 24.0 Å². The van der Waals surface area contributed by atoms with Gasteiger partial charge in [-0.25, -0.2) is 4.79 Å². The molecule has 7 nitrogen and oxygen atoms in total. The van der Waals surface area contributed by atoms with Gasteiger partial charge in [-0.3, -0.25) is 10.3 Å². The molecule has 0 saturated heterocycles. The second-order valence-electron chi connectivity index (χ2n) is 7.40. The third-order valence-electron chi connectivity index (χ3n) is 3.74. The van der Waals surface area contributed by atoms with E-state index in [0.29, 0.717) is 0 Å². The van der Waals surface area contributed by atoms with Gasteiger partial charge in [-0.2, -0.15) is 0 Å². The number of anilines is 1. The third kappa shape index (κ3) is 14.1. The van der Waals surface area contributed by atoms with Crippen LogP contribution in [-0.4, -0.2) is 51.0 Å². The first-order valence-electron chi connectivity index (χ1n) is 9.95. The van der Waals surface area contributed by atoms with E-state index in [1.165, 1.54) is 5.56 Å². The zero-order chi connectivity index (χ0) is 20.8. The van der Waals surface area contributed by atoms with Crippen molar-refractivity contribution in [2.24, 2.45) is 4.99 Å². The molecule has 8 heteroatoms. The Morgan fingerprint density at radius 3 is 2.31 bits per heavy atom. The molecule has 0 saturated carbocycles. The van der Waals surface area contributed by atoms with Crippen LogP contribution in [0.2, 0.25) is 0 Å². The van der Waals surface area contributed by atoms with E-state index in [-0.39, 0.29) is 24.0 Å². The summed E-state index contributed by atoms with van der Waals surface area (Å²) in [6, 6.07) is 7.76. The van der Waals surface area contributed by atoms with E-state index in [4.69, 9.17) is 9.47 Å². The predicted octanol–water partition coefficient (Wildman–Crippen LogP) is 4.18. The van der Waals surface area contributed by atoms with Crippen LogP contribution < -0.4 is 16.0 Å². The molecule has 0 aromatic heterocycles. The Hall–Kier alpha value is -1.55. The van der Waals surface area contributed by atoms with Crippen molar-refractivity contribution in [3.05, 3.63) is 29.8 Å². The molecular formula is C21H37IN4O3. The molecule has 0 atom stereocenters. The van der Waals surface area contributed by atoms with Crippen molar-refractivity contribution in [1.82, 2.24) is 10.6 Å². The molecule has 0 aliphatic heterocycles. The first-order chi connectivity index (χ1) is 13.3. The molecule has 0 aliphatic rings. The minimum atomic E-state index is -0.508. The molecule has 0 unspecified atom stereocenters. The van der Waals surface area contributed by atoms with Gasteiger partial charge in [0.2, 0.25) is 0 Å². The average Bonchev–Trinajstić information content (AvgIpc) is 2.63. The maximum atomic E-state index is 11.8. The molecule has 1 rings (SSSR count). The normalized spacial score (nSPS) is 11.4. The third-order valence-corrected chi connectivity index (χ3v) is 3.74. The average molecular weight is 520 g/mol. The standard InChI is InChI=1S/C21H36N4O3.HI/c1-6-27-16-8-7-14-23-19(22-5)24-15-13-17-9-11-18(12-10-17)25-20(26)28-21(2,3)4;/h9-12H,6-8,13-16H2,1-5H3,(H,25,26)(H2,22,23,24);1H. The van der Waals surface area contributed by atoms with Crippen molar-refractivity contribution in [1.29, 1.82) is 0 Å². The summed E-state index contributed by atoms with van der Waals surface area (Å²) in [7, 11) is 1.77. The largest absolute Gasteiger partial charge is 0.444 e. The van der Waals surface area contributed by atoms with Gasteiger partial charge >= 0.3 is 6.09 Å². The number of amides is 1. The van der Waals surface area contributed by atoms with Crippen LogP contribution in [-0.2, 0) is 15.9 Å². The summed E-state index contributed by atoms with van der Waals surface area (Å²) in [4.78, 5) is 16.0. The van der Waals surface area contributed by atoms with Crippen molar-refractivity contribution >= 4 is 41.7 Å². The van der Waals surface area contributed by atoms with Crippen molar-refractivity contribution in [3.63, 3.8) is 0 Å². The summed E-state index contributed by atoms with van der Waals surface area (Å²) in [5.41, 5.74) is 1.39. The fourth-order valence-electron chi connectivity index (χ4n) is 2.40. The number of carbonyl (C=O) groups excluding carboxylic acids is 1. The molecule has 0 aliphatic carbocycles. The van der Waals surface area contributed by atoms with E-state index in [1.54, 1.807) is 7.05 Å². The number of carbonyl (C=O) groups is 1. The molecule has 1 amide bonds. The van der Waals surface area contributed by atoms with E-state index in [9.17, 15) is 4.79 Å². The van der Waals surface area contributed by atoms with Gasteiger partial charge in [0.1, 0.15) is 5.60 Å². The minimum absolute atomic E-state index is 0. The molecule has 29 heavy (non-hydrogen) atoms. The fraction of sp³-hybridized carbons (Fsp3) is 0.619. The zero-order valence-electron chi connectivity index (χ0n) is 18.3. The molecule has 0 spiro atoms. The molecule has 3 N–H and O–H groups in total. The number of nitrogens with one attached hydrogen (secondary N) is 3. The Labute approximate surface area is 192 Å². The SMILES string of the molecule is CCOCCCCNC(=NC)NCCc1ccc(NC(=O)OC(C)(C)C)cc1.I. The first kappa shape index (κ1) is 27.5. The molecule has 166 valence electrons. The number of unbranched alkanes of at least 4 members (excludes halogenated alkanes) is 1. The smallest absolute Gasteiger partial charge is 0.412 e. The highest BCUT2D eigenvalue weighted by Crippen LogP contribution is 2.13. The fourth-order valence-corrected chi connectivity index (χ4v) is 2.40. The molecular weight excluding hydrogens is 483 g/mol. The second kappa shape index (κ2) is 15.3. The highest BCUT2D eigenvalue weighted by molar-refractivity contribution is 14.0. The molecule has 1 aromatic carbocycles. The van der Waals surface area contributed by atoms with E-state index >= 15 is 0 Å². The van der Waals surface area contributed by atoms with Gasteiger partial charge in [0.15, 0.2) is 5.96 Å². The van der Waals surface area contributed by atoms with E-state index < -0.39 is 11.7 Å². The molecule has 0 bridgehead atoms. The van der Waals surface area contributed by atoms with Gasteiger partial charge in [0.25, 0.3) is 0 Å². The van der Waals surface area contributed by atoms with Gasteiger partial charge in [0, 0.05) is 39.0 Å². The van der Waals surface area contributed by atoms with Gasteiger partial charge in [-0.15, -0.1) is 24.0 Å². The number of nitrogens with zero attached hydrogens (tertiary/aromatic N) is 1. The maximum Gasteiger partial charge on any atom is 0.412 e. The molecule has 1 aromatic rings. The summed E-state index contributed by atoms with van der Waals surface area (Å²) >= 11 is 0. The number of hydrogen-bond acceptors (Lipinski definition) is 4. The van der Waals surface area contributed by atoms with Crippen LogP contribution in [0.4, 0.5) is 10.5 Å². The Kier molecular flexibility index (Phi) is 14.5. The summed E-state index contributed by atoms with van der Waals surface area (Å²) in [5.74, 6) is 0.805. The van der Waals surface area contributed by atoms with Crippen LogP contribution in [0.15, 0.2) is 29.3 Å². The number of rotatable bonds is 10. The number of hydrogen-bond donors (Lipinski definition) is 3. The molecule has 0 heterocycles. The quantitative estimate of drug-likeness (QED) is 0.187. The summed E-state index contributed by atoms with van der Waals surface area (Å²) in [6.07, 6.45) is 2.50. The van der Waals surface area contributed by atoms with Crippen LogP contribution in [0.25, 0.3) is 0 Å². The predicted molar refractivity (Wildman–Crippen MR) is 131 cm³/mol. The van der Waals surface area contributed by atoms with Gasteiger partial charge in [-0.1, -0.05) is 12.1 Å². The van der Waals surface area contributed by atoms with Crippen molar-refractivity contribution in [2.75, 3.05) is 38.7 Å². The van der Waals surface area contributed by atoms with Crippen LogP contribution in [0.1, 0.15) is 46.1 Å². The van der Waals surface area contributed by atoms with Crippen LogP contribution in [0.3, 0.4) is 0 Å². The monoisotopic (exact) mass is 520 g/mol. The first-order valence-corrected chi connectivity index (χ1v) is 9.95. The van der Waals surface area contributed by atoms with Crippen molar-refractivity contribution < 1.29 is 14.3 Å². The number of benzene rings is 1. The Balaban J connectivity index is 0.00000784. The van der Waals surface area contributed by atoms with Crippen molar-refractivity contribution in [2.45, 2.75) is 52.6 Å². The number of aliphatic imine (C=N–C) groups is 1. The molecule has 0 radical (unpaired) electrons. The Morgan fingerprint density at radius 1 is 1.07 bits per heavy atom.